The Morgan fingerprint density at radius 2 is 2.00 bits per heavy atom. The first-order valence-electron chi connectivity index (χ1n) is 4.09. The number of hydrogen-bond acceptors (Lipinski definition) is 2. The van der Waals surface area contributed by atoms with E-state index in [9.17, 15) is 5.11 Å². The fourth-order valence-corrected chi connectivity index (χ4v) is 1.94. The van der Waals surface area contributed by atoms with Crippen LogP contribution in [-0.4, -0.2) is 23.8 Å². The van der Waals surface area contributed by atoms with E-state index < -0.39 is 0 Å². The van der Waals surface area contributed by atoms with Crippen molar-refractivity contribution in [2.24, 2.45) is 5.41 Å². The molecule has 0 aromatic rings. The van der Waals surface area contributed by atoms with Crippen LogP contribution in [0.25, 0.3) is 0 Å². The molecule has 2 heteroatoms. The Morgan fingerprint density at radius 1 is 1.30 bits per heavy atom. The van der Waals surface area contributed by atoms with Crippen LogP contribution in [0, 0.1) is 5.41 Å². The van der Waals surface area contributed by atoms with Gasteiger partial charge in [0.05, 0.1) is 5.60 Å². The molecule has 0 amide bonds. The molecule has 0 aromatic carbocycles. The summed E-state index contributed by atoms with van der Waals surface area (Å²) >= 11 is 0. The SMILES string of the molecule is C[C@@]1(C2(O)CC2)CCNC1. The van der Waals surface area contributed by atoms with Crippen LogP contribution in [0.15, 0.2) is 0 Å². The van der Waals surface area contributed by atoms with Crippen LogP contribution < -0.4 is 5.32 Å². The molecular formula is C8H15NO. The van der Waals surface area contributed by atoms with E-state index in [0.717, 1.165) is 32.4 Å². The maximum atomic E-state index is 9.85. The summed E-state index contributed by atoms with van der Waals surface area (Å²) in [6, 6.07) is 0. The minimum absolute atomic E-state index is 0.188. The molecule has 0 spiro atoms. The van der Waals surface area contributed by atoms with Gasteiger partial charge in [-0.2, -0.15) is 0 Å². The van der Waals surface area contributed by atoms with E-state index in [4.69, 9.17) is 0 Å². The summed E-state index contributed by atoms with van der Waals surface area (Å²) in [6.45, 7) is 4.28. The molecule has 1 heterocycles. The van der Waals surface area contributed by atoms with Gasteiger partial charge in [0.1, 0.15) is 0 Å². The van der Waals surface area contributed by atoms with Crippen molar-refractivity contribution in [1.29, 1.82) is 0 Å². The highest BCUT2D eigenvalue weighted by atomic mass is 16.3. The molecule has 2 rings (SSSR count). The van der Waals surface area contributed by atoms with Crippen LogP contribution in [0.3, 0.4) is 0 Å². The van der Waals surface area contributed by atoms with Crippen molar-refractivity contribution in [3.63, 3.8) is 0 Å². The van der Waals surface area contributed by atoms with Gasteiger partial charge in [-0.15, -0.1) is 0 Å². The summed E-state index contributed by atoms with van der Waals surface area (Å²) in [5.74, 6) is 0. The molecule has 2 N–H and O–H groups in total. The molecule has 0 aromatic heterocycles. The van der Waals surface area contributed by atoms with Gasteiger partial charge in [-0.25, -0.2) is 0 Å². The maximum Gasteiger partial charge on any atom is 0.0715 e. The van der Waals surface area contributed by atoms with Crippen molar-refractivity contribution in [2.75, 3.05) is 13.1 Å². The van der Waals surface area contributed by atoms with Gasteiger partial charge < -0.3 is 10.4 Å². The van der Waals surface area contributed by atoms with Gasteiger partial charge in [0.2, 0.25) is 0 Å². The van der Waals surface area contributed by atoms with E-state index in [1.807, 2.05) is 0 Å². The summed E-state index contributed by atoms with van der Waals surface area (Å²) in [4.78, 5) is 0. The standard InChI is InChI=1S/C8H15NO/c1-7(4-5-9-6-7)8(10)2-3-8/h9-10H,2-6H2,1H3/t7-/m1/s1. The lowest BCUT2D eigenvalue weighted by atomic mass is 9.81. The molecule has 0 bridgehead atoms. The highest BCUT2D eigenvalue weighted by molar-refractivity contribution is 5.09. The molecule has 2 nitrogen and oxygen atoms in total. The summed E-state index contributed by atoms with van der Waals surface area (Å²) < 4.78 is 0. The fraction of sp³-hybridized carbons (Fsp3) is 1.00. The molecule has 1 saturated carbocycles. The van der Waals surface area contributed by atoms with Crippen LogP contribution >= 0.6 is 0 Å². The Labute approximate surface area is 61.6 Å². The molecule has 2 aliphatic rings. The largest absolute Gasteiger partial charge is 0.389 e. The second-order valence-corrected chi connectivity index (χ2v) is 4.02. The van der Waals surface area contributed by atoms with Crippen molar-refractivity contribution in [2.45, 2.75) is 31.8 Å². The monoisotopic (exact) mass is 141 g/mol. The summed E-state index contributed by atoms with van der Waals surface area (Å²) in [7, 11) is 0. The zero-order chi connectivity index (χ0) is 7.24. The first kappa shape index (κ1) is 6.62. The molecule has 1 aliphatic heterocycles. The second kappa shape index (κ2) is 1.74. The Morgan fingerprint density at radius 3 is 2.40 bits per heavy atom. The molecule has 10 heavy (non-hydrogen) atoms. The smallest absolute Gasteiger partial charge is 0.0715 e. The zero-order valence-corrected chi connectivity index (χ0v) is 6.48. The van der Waals surface area contributed by atoms with Crippen molar-refractivity contribution in [3.05, 3.63) is 0 Å². The summed E-state index contributed by atoms with van der Waals surface area (Å²) in [5.41, 5.74) is -0.108. The highest BCUT2D eigenvalue weighted by Crippen LogP contribution is 2.52. The molecule has 58 valence electrons. The van der Waals surface area contributed by atoms with Gasteiger partial charge in [0.15, 0.2) is 0 Å². The van der Waals surface area contributed by atoms with Gasteiger partial charge in [-0.05, 0) is 25.8 Å². The predicted molar refractivity (Wildman–Crippen MR) is 39.8 cm³/mol. The third kappa shape index (κ3) is 0.722. The zero-order valence-electron chi connectivity index (χ0n) is 6.48. The lowest BCUT2D eigenvalue weighted by Crippen LogP contribution is -2.36. The lowest BCUT2D eigenvalue weighted by molar-refractivity contribution is 0.0259. The van der Waals surface area contributed by atoms with E-state index >= 15 is 0 Å². The van der Waals surface area contributed by atoms with Crippen molar-refractivity contribution < 1.29 is 5.11 Å². The fourth-order valence-electron chi connectivity index (χ4n) is 1.94. The van der Waals surface area contributed by atoms with Crippen molar-refractivity contribution in [1.82, 2.24) is 5.32 Å². The van der Waals surface area contributed by atoms with Crippen molar-refractivity contribution >= 4 is 0 Å². The highest BCUT2D eigenvalue weighted by Gasteiger charge is 2.56. The van der Waals surface area contributed by atoms with Gasteiger partial charge >= 0.3 is 0 Å². The van der Waals surface area contributed by atoms with Gasteiger partial charge in [0.25, 0.3) is 0 Å². The summed E-state index contributed by atoms with van der Waals surface area (Å²) in [6.07, 6.45) is 3.18. The Kier molecular flexibility index (Phi) is 1.15. The van der Waals surface area contributed by atoms with Gasteiger partial charge in [-0.1, -0.05) is 6.92 Å². The van der Waals surface area contributed by atoms with Gasteiger partial charge in [-0.3, -0.25) is 0 Å². The minimum Gasteiger partial charge on any atom is -0.389 e. The van der Waals surface area contributed by atoms with Crippen LogP contribution in [-0.2, 0) is 0 Å². The van der Waals surface area contributed by atoms with Crippen LogP contribution in [0.1, 0.15) is 26.2 Å². The lowest BCUT2D eigenvalue weighted by Gasteiger charge is -2.28. The van der Waals surface area contributed by atoms with Crippen molar-refractivity contribution in [3.8, 4) is 0 Å². The molecule has 1 atom stereocenters. The van der Waals surface area contributed by atoms with E-state index in [-0.39, 0.29) is 11.0 Å². The Hall–Kier alpha value is -0.0800. The maximum absolute atomic E-state index is 9.85. The van der Waals surface area contributed by atoms with E-state index in [0.29, 0.717) is 0 Å². The first-order chi connectivity index (χ1) is 4.66. The third-order valence-corrected chi connectivity index (χ3v) is 3.22. The average Bonchev–Trinajstić information content (AvgIpc) is 2.46. The van der Waals surface area contributed by atoms with Crippen LogP contribution in [0.2, 0.25) is 0 Å². The number of rotatable bonds is 1. The first-order valence-corrected chi connectivity index (χ1v) is 4.09. The van der Waals surface area contributed by atoms with E-state index in [1.54, 1.807) is 0 Å². The molecule has 1 saturated heterocycles. The molecular weight excluding hydrogens is 126 g/mol. The number of nitrogens with one attached hydrogen (secondary N) is 1. The van der Waals surface area contributed by atoms with Crippen LogP contribution in [0.5, 0.6) is 0 Å². The predicted octanol–water partition coefficient (Wildman–Crippen LogP) is 0.511. The molecule has 1 aliphatic carbocycles. The number of aliphatic hydroxyl groups is 1. The third-order valence-electron chi connectivity index (χ3n) is 3.22. The molecule has 0 unspecified atom stereocenters. The molecule has 0 radical (unpaired) electrons. The average molecular weight is 141 g/mol. The second-order valence-electron chi connectivity index (χ2n) is 4.02. The quantitative estimate of drug-likeness (QED) is 0.557. The van der Waals surface area contributed by atoms with E-state index in [1.165, 1.54) is 0 Å². The Balaban J connectivity index is 2.13. The summed E-state index contributed by atoms with van der Waals surface area (Å²) in [5, 5.41) is 13.1. The Bertz CT molecular complexity index is 145. The number of hydrogen-bond donors (Lipinski definition) is 2. The topological polar surface area (TPSA) is 32.3 Å². The normalized spacial score (nSPS) is 43.8. The minimum atomic E-state index is -0.295. The van der Waals surface area contributed by atoms with Crippen LogP contribution in [0.4, 0.5) is 0 Å². The van der Waals surface area contributed by atoms with Gasteiger partial charge in [0, 0.05) is 12.0 Å². The molecule has 2 fully saturated rings. The van der Waals surface area contributed by atoms with E-state index in [2.05, 4.69) is 12.2 Å².